The number of hydrogen-bond donors (Lipinski definition) is 1. The highest BCUT2D eigenvalue weighted by atomic mass is 35.5. The smallest absolute Gasteiger partial charge is 0.133 e. The number of benzene rings is 2. The number of aliphatic hydroxyl groups excluding tert-OH is 1. The Kier molecular flexibility index (Phi) is 4.46. The molecule has 0 saturated carbocycles. The van der Waals surface area contributed by atoms with Gasteiger partial charge < -0.3 is 9.84 Å². The van der Waals surface area contributed by atoms with Crippen LogP contribution in [0.5, 0.6) is 11.5 Å². The maximum absolute atomic E-state index is 10.0. The van der Waals surface area contributed by atoms with Crippen molar-refractivity contribution in [3.63, 3.8) is 0 Å². The summed E-state index contributed by atoms with van der Waals surface area (Å²) in [6.07, 6.45) is 0.142. The molecule has 2 nitrogen and oxygen atoms in total. The fraction of sp³-hybridized carbons (Fsp3) is 0.250. The molecular formula is C16H17ClO2. The lowest BCUT2D eigenvalue weighted by Crippen LogP contribution is -1.99. The Morgan fingerprint density at radius 3 is 2.58 bits per heavy atom. The number of para-hydroxylation sites is 1. The molecule has 2 rings (SSSR count). The fourth-order valence-corrected chi connectivity index (χ4v) is 2.14. The molecule has 0 spiro atoms. The van der Waals surface area contributed by atoms with Crippen LogP contribution in [0.25, 0.3) is 0 Å². The Hall–Kier alpha value is -1.51. The SMILES string of the molecule is CCC(O)c1ccccc1Oc1ccc(Cl)cc1C. The van der Waals surface area contributed by atoms with Gasteiger partial charge in [0.05, 0.1) is 6.10 Å². The van der Waals surface area contributed by atoms with E-state index in [0.717, 1.165) is 16.9 Å². The highest BCUT2D eigenvalue weighted by molar-refractivity contribution is 6.30. The van der Waals surface area contributed by atoms with Gasteiger partial charge in [-0.1, -0.05) is 36.7 Å². The average molecular weight is 277 g/mol. The molecular weight excluding hydrogens is 260 g/mol. The van der Waals surface area contributed by atoms with Crippen LogP contribution in [-0.4, -0.2) is 5.11 Å². The standard InChI is InChI=1S/C16H17ClO2/c1-3-14(18)13-6-4-5-7-16(13)19-15-9-8-12(17)10-11(15)2/h4-10,14,18H,3H2,1-2H3. The number of aryl methyl sites for hydroxylation is 1. The topological polar surface area (TPSA) is 29.5 Å². The van der Waals surface area contributed by atoms with Crippen LogP contribution < -0.4 is 4.74 Å². The van der Waals surface area contributed by atoms with Crippen molar-refractivity contribution < 1.29 is 9.84 Å². The van der Waals surface area contributed by atoms with Gasteiger partial charge in [-0.3, -0.25) is 0 Å². The normalized spacial score (nSPS) is 12.2. The van der Waals surface area contributed by atoms with Gasteiger partial charge in [-0.15, -0.1) is 0 Å². The van der Waals surface area contributed by atoms with E-state index in [4.69, 9.17) is 16.3 Å². The van der Waals surface area contributed by atoms with Crippen LogP contribution >= 0.6 is 11.6 Å². The summed E-state index contributed by atoms with van der Waals surface area (Å²) in [6, 6.07) is 13.0. The van der Waals surface area contributed by atoms with Gasteiger partial charge in [-0.25, -0.2) is 0 Å². The largest absolute Gasteiger partial charge is 0.457 e. The summed E-state index contributed by atoms with van der Waals surface area (Å²) in [5.41, 5.74) is 1.77. The molecule has 1 unspecified atom stereocenters. The van der Waals surface area contributed by atoms with Crippen LogP contribution in [0.3, 0.4) is 0 Å². The van der Waals surface area contributed by atoms with Crippen LogP contribution in [0.15, 0.2) is 42.5 Å². The highest BCUT2D eigenvalue weighted by Crippen LogP contribution is 2.33. The van der Waals surface area contributed by atoms with Crippen molar-refractivity contribution in [1.82, 2.24) is 0 Å². The predicted octanol–water partition coefficient (Wildman–Crippen LogP) is 4.88. The summed E-state index contributed by atoms with van der Waals surface area (Å²) < 4.78 is 5.90. The van der Waals surface area contributed by atoms with Gasteiger partial charge in [0.15, 0.2) is 0 Å². The van der Waals surface area contributed by atoms with Gasteiger partial charge in [0.2, 0.25) is 0 Å². The van der Waals surface area contributed by atoms with E-state index in [-0.39, 0.29) is 0 Å². The first-order valence-corrected chi connectivity index (χ1v) is 6.70. The molecule has 2 aromatic rings. The van der Waals surface area contributed by atoms with Crippen LogP contribution in [0.4, 0.5) is 0 Å². The molecule has 2 aromatic carbocycles. The highest BCUT2D eigenvalue weighted by Gasteiger charge is 2.12. The van der Waals surface area contributed by atoms with Gasteiger partial charge in [0.1, 0.15) is 11.5 Å². The number of rotatable bonds is 4. The lowest BCUT2D eigenvalue weighted by atomic mass is 10.1. The molecule has 0 aromatic heterocycles. The van der Waals surface area contributed by atoms with Gasteiger partial charge in [0, 0.05) is 10.6 Å². The summed E-state index contributed by atoms with van der Waals surface area (Å²) in [5, 5.41) is 10.7. The molecule has 1 N–H and O–H groups in total. The second kappa shape index (κ2) is 6.09. The summed E-state index contributed by atoms with van der Waals surface area (Å²) >= 11 is 5.93. The van der Waals surface area contributed by atoms with E-state index in [0.29, 0.717) is 17.2 Å². The summed E-state index contributed by atoms with van der Waals surface area (Å²) in [4.78, 5) is 0. The third-order valence-electron chi connectivity index (χ3n) is 3.02. The van der Waals surface area contributed by atoms with Crippen LogP contribution in [0, 0.1) is 6.92 Å². The summed E-state index contributed by atoms with van der Waals surface area (Å²) in [7, 11) is 0. The molecule has 19 heavy (non-hydrogen) atoms. The van der Waals surface area contributed by atoms with Crippen LogP contribution in [0.1, 0.15) is 30.6 Å². The third-order valence-corrected chi connectivity index (χ3v) is 3.26. The van der Waals surface area contributed by atoms with Gasteiger partial charge in [-0.2, -0.15) is 0 Å². The minimum Gasteiger partial charge on any atom is -0.457 e. The lowest BCUT2D eigenvalue weighted by Gasteiger charge is -2.15. The molecule has 0 fully saturated rings. The van der Waals surface area contributed by atoms with Gasteiger partial charge in [-0.05, 0) is 43.2 Å². The molecule has 0 aliphatic carbocycles. The second-order valence-electron chi connectivity index (χ2n) is 4.47. The number of ether oxygens (including phenoxy) is 1. The Morgan fingerprint density at radius 1 is 1.16 bits per heavy atom. The maximum Gasteiger partial charge on any atom is 0.133 e. The molecule has 0 bridgehead atoms. The number of halogens is 1. The maximum atomic E-state index is 10.0. The zero-order valence-electron chi connectivity index (χ0n) is 11.1. The molecule has 1 atom stereocenters. The molecule has 0 saturated heterocycles. The summed E-state index contributed by atoms with van der Waals surface area (Å²) in [5.74, 6) is 1.43. The molecule has 0 heterocycles. The monoisotopic (exact) mass is 276 g/mol. The van der Waals surface area contributed by atoms with Crippen LogP contribution in [0.2, 0.25) is 5.02 Å². The van der Waals surface area contributed by atoms with E-state index < -0.39 is 6.10 Å². The van der Waals surface area contributed by atoms with Crippen molar-refractivity contribution in [3.8, 4) is 11.5 Å². The minimum atomic E-state index is -0.510. The molecule has 0 aliphatic rings. The first kappa shape index (κ1) is 13.9. The Bertz CT molecular complexity index is 566. The molecule has 0 amide bonds. The zero-order valence-corrected chi connectivity index (χ0v) is 11.8. The molecule has 3 heteroatoms. The van der Waals surface area contributed by atoms with Crippen LogP contribution in [-0.2, 0) is 0 Å². The summed E-state index contributed by atoms with van der Waals surface area (Å²) in [6.45, 7) is 3.88. The second-order valence-corrected chi connectivity index (χ2v) is 4.91. The minimum absolute atomic E-state index is 0.510. The van der Waals surface area contributed by atoms with E-state index in [1.165, 1.54) is 0 Å². The number of hydrogen-bond acceptors (Lipinski definition) is 2. The first-order chi connectivity index (χ1) is 9.11. The van der Waals surface area contributed by atoms with E-state index in [2.05, 4.69) is 0 Å². The average Bonchev–Trinajstić information content (AvgIpc) is 2.41. The Morgan fingerprint density at radius 2 is 1.89 bits per heavy atom. The van der Waals surface area contributed by atoms with Gasteiger partial charge in [0.25, 0.3) is 0 Å². The Labute approximate surface area is 118 Å². The van der Waals surface area contributed by atoms with Crippen molar-refractivity contribution in [2.75, 3.05) is 0 Å². The molecule has 100 valence electrons. The molecule has 0 aliphatic heterocycles. The zero-order chi connectivity index (χ0) is 13.8. The fourth-order valence-electron chi connectivity index (χ4n) is 1.91. The van der Waals surface area contributed by atoms with E-state index in [9.17, 15) is 5.11 Å². The Balaban J connectivity index is 2.33. The van der Waals surface area contributed by atoms with E-state index in [1.54, 1.807) is 6.07 Å². The van der Waals surface area contributed by atoms with Crippen molar-refractivity contribution in [2.45, 2.75) is 26.4 Å². The van der Waals surface area contributed by atoms with Crippen molar-refractivity contribution >= 4 is 11.6 Å². The predicted molar refractivity (Wildman–Crippen MR) is 78.0 cm³/mol. The van der Waals surface area contributed by atoms with Gasteiger partial charge >= 0.3 is 0 Å². The van der Waals surface area contributed by atoms with Crippen molar-refractivity contribution in [3.05, 3.63) is 58.6 Å². The molecule has 0 radical (unpaired) electrons. The lowest BCUT2D eigenvalue weighted by molar-refractivity contribution is 0.170. The quantitative estimate of drug-likeness (QED) is 0.862. The van der Waals surface area contributed by atoms with Crippen molar-refractivity contribution in [2.24, 2.45) is 0 Å². The van der Waals surface area contributed by atoms with E-state index >= 15 is 0 Å². The first-order valence-electron chi connectivity index (χ1n) is 6.32. The van der Waals surface area contributed by atoms with Crippen molar-refractivity contribution in [1.29, 1.82) is 0 Å². The number of aliphatic hydroxyl groups is 1. The third kappa shape index (κ3) is 3.28. The van der Waals surface area contributed by atoms with E-state index in [1.807, 2.05) is 50.2 Å².